The van der Waals surface area contributed by atoms with Crippen LogP contribution in [0.1, 0.15) is 20.3 Å². The molecule has 2 aliphatic heterocycles. The van der Waals surface area contributed by atoms with Gasteiger partial charge in [0, 0.05) is 30.9 Å². The first-order valence-electron chi connectivity index (χ1n) is 12.5. The zero-order chi connectivity index (χ0) is 24.6. The molecular weight excluding hydrogens is 476 g/mol. The molecule has 0 amide bonds. The van der Waals surface area contributed by atoms with Crippen molar-refractivity contribution in [1.82, 2.24) is 15.0 Å². The first-order chi connectivity index (χ1) is 17.6. The maximum Gasteiger partial charge on any atom is 0.296 e. The molecule has 6 rings (SSSR count). The molecule has 0 saturated carbocycles. The molecule has 0 aliphatic carbocycles. The van der Waals surface area contributed by atoms with Crippen LogP contribution in [-0.4, -0.2) is 59.6 Å². The Morgan fingerprint density at radius 2 is 1.67 bits per heavy atom. The first-order valence-corrected chi connectivity index (χ1v) is 12.9. The zero-order valence-corrected chi connectivity index (χ0v) is 21.2. The van der Waals surface area contributed by atoms with Gasteiger partial charge < -0.3 is 24.1 Å². The van der Waals surface area contributed by atoms with Gasteiger partial charge in [-0.05, 0) is 49.6 Å². The molecule has 8 heteroatoms. The van der Waals surface area contributed by atoms with Crippen LogP contribution in [-0.2, 0) is 9.47 Å². The summed E-state index contributed by atoms with van der Waals surface area (Å²) in [5, 5.41) is 0.553. The first kappa shape index (κ1) is 23.3. The minimum absolute atomic E-state index is 0.0442. The van der Waals surface area contributed by atoms with Crippen LogP contribution in [0.2, 0.25) is 5.02 Å². The molecule has 2 aromatic carbocycles. The number of halogens is 1. The molecular formula is C28H29ClN4O3. The highest BCUT2D eigenvalue weighted by Gasteiger charge is 2.43. The zero-order valence-electron chi connectivity index (χ0n) is 20.4. The van der Waals surface area contributed by atoms with E-state index in [4.69, 9.17) is 30.8 Å². The van der Waals surface area contributed by atoms with Crippen molar-refractivity contribution in [1.29, 1.82) is 0 Å². The number of nitrogens with one attached hydrogen (secondary N) is 1. The summed E-state index contributed by atoms with van der Waals surface area (Å²) in [5.74, 6) is 0. The second kappa shape index (κ2) is 9.73. The number of hydrogen-bond acceptors (Lipinski definition) is 6. The lowest BCUT2D eigenvalue weighted by molar-refractivity contribution is 0.0273. The van der Waals surface area contributed by atoms with Gasteiger partial charge in [-0.2, -0.15) is 4.98 Å². The van der Waals surface area contributed by atoms with Gasteiger partial charge in [0.1, 0.15) is 6.10 Å². The predicted molar refractivity (Wildman–Crippen MR) is 142 cm³/mol. The Kier molecular flexibility index (Phi) is 6.29. The third-order valence-electron chi connectivity index (χ3n) is 7.08. The SMILES string of the molecule is CCN(CC)c1ccc(-c2ccc(-c3nc4nc(OC5CO[C@@H]6CCOC56)[nH]c4cc3Cl)cc2)cc1. The van der Waals surface area contributed by atoms with Crippen LogP contribution in [0.4, 0.5) is 5.69 Å². The van der Waals surface area contributed by atoms with Gasteiger partial charge >= 0.3 is 0 Å². The molecule has 0 bridgehead atoms. The van der Waals surface area contributed by atoms with Gasteiger partial charge in [-0.3, -0.25) is 0 Å². The van der Waals surface area contributed by atoms with Crippen molar-refractivity contribution in [2.75, 3.05) is 31.2 Å². The molecule has 2 fully saturated rings. The van der Waals surface area contributed by atoms with E-state index in [0.29, 0.717) is 35.6 Å². The van der Waals surface area contributed by atoms with Crippen LogP contribution >= 0.6 is 11.6 Å². The number of anilines is 1. The fourth-order valence-electron chi connectivity index (χ4n) is 5.10. The molecule has 4 heterocycles. The van der Waals surface area contributed by atoms with E-state index < -0.39 is 0 Å². The molecule has 186 valence electrons. The number of fused-ring (bicyclic) bond motifs is 2. The van der Waals surface area contributed by atoms with E-state index in [1.165, 1.54) is 11.3 Å². The summed E-state index contributed by atoms with van der Waals surface area (Å²) in [4.78, 5) is 14.8. The maximum atomic E-state index is 6.63. The molecule has 36 heavy (non-hydrogen) atoms. The quantitative estimate of drug-likeness (QED) is 0.346. The van der Waals surface area contributed by atoms with Gasteiger partial charge in [0.25, 0.3) is 6.01 Å². The summed E-state index contributed by atoms with van der Waals surface area (Å²) in [6.45, 7) is 7.54. The van der Waals surface area contributed by atoms with Crippen molar-refractivity contribution in [3.8, 4) is 28.4 Å². The summed E-state index contributed by atoms with van der Waals surface area (Å²) in [5.41, 5.74) is 6.46. The Morgan fingerprint density at radius 1 is 0.972 bits per heavy atom. The number of aromatic amines is 1. The van der Waals surface area contributed by atoms with E-state index in [1.54, 1.807) is 0 Å². The number of rotatable bonds is 7. The number of benzene rings is 2. The van der Waals surface area contributed by atoms with Crippen molar-refractivity contribution >= 4 is 28.5 Å². The molecule has 0 radical (unpaired) electrons. The molecule has 1 N–H and O–H groups in total. The number of imidazole rings is 1. The molecule has 2 aromatic heterocycles. The highest BCUT2D eigenvalue weighted by Crippen LogP contribution is 2.33. The summed E-state index contributed by atoms with van der Waals surface area (Å²) in [6.07, 6.45) is 0.798. The number of H-pyrrole nitrogens is 1. The van der Waals surface area contributed by atoms with E-state index >= 15 is 0 Å². The third-order valence-corrected chi connectivity index (χ3v) is 7.36. The highest BCUT2D eigenvalue weighted by atomic mass is 35.5. The maximum absolute atomic E-state index is 6.63. The van der Waals surface area contributed by atoms with Gasteiger partial charge in [0.15, 0.2) is 11.8 Å². The monoisotopic (exact) mass is 504 g/mol. The van der Waals surface area contributed by atoms with Crippen molar-refractivity contribution in [3.63, 3.8) is 0 Å². The summed E-state index contributed by atoms with van der Waals surface area (Å²) in [7, 11) is 0. The Hall–Kier alpha value is -3.13. The molecule has 2 aliphatic rings. The second-order valence-corrected chi connectivity index (χ2v) is 9.59. The Bertz CT molecular complexity index is 1350. The fraction of sp³-hybridized carbons (Fsp3) is 0.357. The molecule has 0 spiro atoms. The molecule has 4 aromatic rings. The fourth-order valence-corrected chi connectivity index (χ4v) is 5.36. The number of aromatic nitrogens is 3. The summed E-state index contributed by atoms with van der Waals surface area (Å²) in [6, 6.07) is 19.2. The van der Waals surface area contributed by atoms with Gasteiger partial charge in [0.05, 0.1) is 28.9 Å². The molecule has 2 unspecified atom stereocenters. The Morgan fingerprint density at radius 3 is 2.39 bits per heavy atom. The van der Waals surface area contributed by atoms with Crippen molar-refractivity contribution < 1.29 is 14.2 Å². The second-order valence-electron chi connectivity index (χ2n) is 9.18. The Balaban J connectivity index is 1.21. The van der Waals surface area contributed by atoms with Gasteiger partial charge in [-0.1, -0.05) is 48.0 Å². The van der Waals surface area contributed by atoms with E-state index in [9.17, 15) is 0 Å². The van der Waals surface area contributed by atoms with Gasteiger partial charge in [-0.15, -0.1) is 0 Å². The van der Waals surface area contributed by atoms with Crippen molar-refractivity contribution in [2.45, 2.75) is 38.6 Å². The number of ether oxygens (including phenoxy) is 3. The highest BCUT2D eigenvalue weighted by molar-refractivity contribution is 6.33. The van der Waals surface area contributed by atoms with E-state index in [-0.39, 0.29) is 18.3 Å². The van der Waals surface area contributed by atoms with Gasteiger partial charge in [-0.25, -0.2) is 4.98 Å². The predicted octanol–water partition coefficient (Wildman–Crippen LogP) is 5.73. The van der Waals surface area contributed by atoms with E-state index in [2.05, 4.69) is 65.1 Å². The summed E-state index contributed by atoms with van der Waals surface area (Å²) >= 11 is 6.63. The average molecular weight is 505 g/mol. The van der Waals surface area contributed by atoms with Crippen LogP contribution in [0.3, 0.4) is 0 Å². The number of nitrogens with zero attached hydrogens (tertiary/aromatic N) is 3. The molecule has 7 nitrogen and oxygen atoms in total. The van der Waals surface area contributed by atoms with Crippen LogP contribution in [0, 0.1) is 0 Å². The summed E-state index contributed by atoms with van der Waals surface area (Å²) < 4.78 is 17.6. The van der Waals surface area contributed by atoms with Crippen LogP contribution in [0.15, 0.2) is 54.6 Å². The van der Waals surface area contributed by atoms with E-state index in [1.807, 2.05) is 18.2 Å². The largest absolute Gasteiger partial charge is 0.456 e. The third kappa shape index (κ3) is 4.32. The smallest absolute Gasteiger partial charge is 0.296 e. The van der Waals surface area contributed by atoms with Crippen molar-refractivity contribution in [2.24, 2.45) is 0 Å². The average Bonchev–Trinajstić information content (AvgIpc) is 3.62. The number of hydrogen-bond donors (Lipinski definition) is 1. The minimum Gasteiger partial charge on any atom is -0.456 e. The van der Waals surface area contributed by atoms with Gasteiger partial charge in [0.2, 0.25) is 0 Å². The Labute approximate surface area is 215 Å². The lowest BCUT2D eigenvalue weighted by Gasteiger charge is -2.21. The lowest BCUT2D eigenvalue weighted by Crippen LogP contribution is -2.32. The minimum atomic E-state index is -0.179. The van der Waals surface area contributed by atoms with Crippen LogP contribution in [0.25, 0.3) is 33.5 Å². The number of pyridine rings is 1. The van der Waals surface area contributed by atoms with Crippen LogP contribution in [0.5, 0.6) is 6.01 Å². The molecule has 2 saturated heterocycles. The topological polar surface area (TPSA) is 72.5 Å². The standard InChI is InChI=1S/C28H29ClN4O3/c1-3-33(4-2)20-11-9-18(10-12-20)17-5-7-19(8-6-17)25-21(29)15-22-27(31-25)32-28(30-22)36-24-16-35-23-13-14-34-26(23)24/h5-12,15,23-24,26H,3-4,13-14,16H2,1-2H3,(H,30,31,32)/t23-,24?,26?/m1/s1. The van der Waals surface area contributed by atoms with E-state index in [0.717, 1.165) is 36.2 Å². The molecule has 3 atom stereocenters. The lowest BCUT2D eigenvalue weighted by atomic mass is 10.0. The normalized spacial score (nSPS) is 21.1. The van der Waals surface area contributed by atoms with Crippen LogP contribution < -0.4 is 9.64 Å². The van der Waals surface area contributed by atoms with Crippen molar-refractivity contribution in [3.05, 3.63) is 59.6 Å².